The number of unbranched alkanes of at least 4 members (excludes halogenated alkanes) is 3. The van der Waals surface area contributed by atoms with E-state index in [0.29, 0.717) is 34.0 Å². The van der Waals surface area contributed by atoms with E-state index in [1.165, 1.54) is 35.6 Å². The summed E-state index contributed by atoms with van der Waals surface area (Å²) in [6.07, 6.45) is 4.44. The van der Waals surface area contributed by atoms with Crippen LogP contribution in [0.3, 0.4) is 0 Å². The summed E-state index contributed by atoms with van der Waals surface area (Å²) in [6.45, 7) is 2.79. The maximum absolute atomic E-state index is 13.7. The Hall–Kier alpha value is -3.64. The van der Waals surface area contributed by atoms with Gasteiger partial charge in [0.15, 0.2) is 5.43 Å². The number of halogens is 2. The number of hydrogen-bond acceptors (Lipinski definition) is 4. The van der Waals surface area contributed by atoms with E-state index in [9.17, 15) is 14.0 Å². The predicted octanol–water partition coefficient (Wildman–Crippen LogP) is 7.29. The normalized spacial score (nSPS) is 14.9. The summed E-state index contributed by atoms with van der Waals surface area (Å²) in [4.78, 5) is 28.7. The Labute approximate surface area is 213 Å². The Balaban J connectivity index is 1.57. The molecule has 7 heteroatoms. The highest BCUT2D eigenvalue weighted by Crippen LogP contribution is 2.41. The van der Waals surface area contributed by atoms with E-state index in [4.69, 9.17) is 20.8 Å². The lowest BCUT2D eigenvalue weighted by Crippen LogP contribution is -2.29. The number of hydrogen-bond donors (Lipinski definition) is 0. The van der Waals surface area contributed by atoms with Gasteiger partial charge in [-0.3, -0.25) is 14.5 Å². The summed E-state index contributed by atoms with van der Waals surface area (Å²) in [5.41, 5.74) is 1.34. The first kappa shape index (κ1) is 24.1. The quantitative estimate of drug-likeness (QED) is 0.236. The zero-order chi connectivity index (χ0) is 25.2. The number of carbonyl (C=O) groups excluding carboxylic acids is 1. The van der Waals surface area contributed by atoms with Gasteiger partial charge in [-0.1, -0.05) is 49.9 Å². The van der Waals surface area contributed by atoms with E-state index in [0.717, 1.165) is 19.3 Å². The van der Waals surface area contributed by atoms with E-state index in [1.54, 1.807) is 18.2 Å². The first-order valence-electron chi connectivity index (χ1n) is 12.1. The molecule has 184 valence electrons. The molecule has 5 nitrogen and oxygen atoms in total. The van der Waals surface area contributed by atoms with Crippen LogP contribution in [-0.2, 0) is 0 Å². The van der Waals surface area contributed by atoms with Gasteiger partial charge in [-0.05, 0) is 66.6 Å². The second-order valence-electron chi connectivity index (χ2n) is 8.85. The van der Waals surface area contributed by atoms with Gasteiger partial charge in [0.2, 0.25) is 5.76 Å². The minimum Gasteiger partial charge on any atom is -0.494 e. The van der Waals surface area contributed by atoms with Crippen LogP contribution < -0.4 is 15.1 Å². The van der Waals surface area contributed by atoms with Crippen LogP contribution in [0.15, 0.2) is 75.9 Å². The number of anilines is 1. The van der Waals surface area contributed by atoms with Crippen LogP contribution in [0.4, 0.5) is 10.1 Å². The topological polar surface area (TPSA) is 59.8 Å². The van der Waals surface area contributed by atoms with Crippen molar-refractivity contribution >= 4 is 34.2 Å². The van der Waals surface area contributed by atoms with Gasteiger partial charge in [0, 0.05) is 10.7 Å². The molecule has 0 spiro atoms. The van der Waals surface area contributed by atoms with Crippen LogP contribution in [0.1, 0.15) is 60.3 Å². The van der Waals surface area contributed by atoms with Gasteiger partial charge in [0.25, 0.3) is 5.91 Å². The van der Waals surface area contributed by atoms with Gasteiger partial charge >= 0.3 is 0 Å². The van der Waals surface area contributed by atoms with Gasteiger partial charge in [-0.2, -0.15) is 0 Å². The van der Waals surface area contributed by atoms with E-state index < -0.39 is 17.8 Å². The minimum atomic E-state index is -0.754. The molecule has 1 unspecified atom stereocenters. The van der Waals surface area contributed by atoms with Gasteiger partial charge in [0.05, 0.1) is 23.6 Å². The SMILES string of the molecule is CCCCCCOc1ccc(C2c3c(oc4ccc(Cl)cc4c3=O)C(=O)N2c2ccc(F)cc2)cc1. The molecule has 0 saturated carbocycles. The predicted molar refractivity (Wildman–Crippen MR) is 139 cm³/mol. The van der Waals surface area contributed by atoms with Crippen molar-refractivity contribution in [1.82, 2.24) is 0 Å². The third-order valence-corrected chi connectivity index (χ3v) is 6.63. The molecule has 0 fully saturated rings. The fourth-order valence-corrected chi connectivity index (χ4v) is 4.77. The minimum absolute atomic E-state index is 0.0274. The number of nitrogens with zero attached hydrogens (tertiary/aromatic N) is 1. The number of ether oxygens (including phenoxy) is 1. The third kappa shape index (κ3) is 4.49. The summed E-state index contributed by atoms with van der Waals surface area (Å²) in [6, 6.07) is 16.9. The average molecular weight is 506 g/mol. The van der Waals surface area contributed by atoms with Gasteiger partial charge in [-0.15, -0.1) is 0 Å². The van der Waals surface area contributed by atoms with Crippen molar-refractivity contribution < 1.29 is 18.3 Å². The molecule has 4 aromatic rings. The van der Waals surface area contributed by atoms with E-state index in [2.05, 4.69) is 6.92 Å². The second kappa shape index (κ2) is 10.2. The van der Waals surface area contributed by atoms with Gasteiger partial charge in [-0.25, -0.2) is 4.39 Å². The maximum Gasteiger partial charge on any atom is 0.295 e. The smallest absolute Gasteiger partial charge is 0.295 e. The molecule has 1 aliphatic heterocycles. The number of rotatable bonds is 8. The molecule has 0 aliphatic carbocycles. The number of amides is 1. The molecule has 1 aromatic heterocycles. The van der Waals surface area contributed by atoms with Crippen molar-refractivity contribution in [2.45, 2.75) is 38.6 Å². The lowest BCUT2D eigenvalue weighted by molar-refractivity contribution is 0.0971. The van der Waals surface area contributed by atoms with E-state index in [1.807, 2.05) is 24.3 Å². The second-order valence-corrected chi connectivity index (χ2v) is 9.28. The largest absolute Gasteiger partial charge is 0.494 e. The molecule has 0 N–H and O–H groups in total. The van der Waals surface area contributed by atoms with Crippen molar-refractivity contribution in [3.8, 4) is 5.75 Å². The zero-order valence-corrected chi connectivity index (χ0v) is 20.6. The molecule has 1 atom stereocenters. The molecule has 0 radical (unpaired) electrons. The van der Waals surface area contributed by atoms with Crippen LogP contribution in [-0.4, -0.2) is 12.5 Å². The van der Waals surface area contributed by atoms with Crippen LogP contribution in [0.2, 0.25) is 5.02 Å². The summed E-state index contributed by atoms with van der Waals surface area (Å²) in [7, 11) is 0. The van der Waals surface area contributed by atoms with Crippen LogP contribution in [0, 0.1) is 5.82 Å². The lowest BCUT2D eigenvalue weighted by atomic mass is 9.98. The van der Waals surface area contributed by atoms with Crippen LogP contribution in [0.25, 0.3) is 11.0 Å². The molecule has 1 amide bonds. The fraction of sp³-hybridized carbons (Fsp3) is 0.241. The molecule has 5 rings (SSSR count). The van der Waals surface area contributed by atoms with Gasteiger partial charge in [0.1, 0.15) is 17.1 Å². The first-order chi connectivity index (χ1) is 17.5. The fourth-order valence-electron chi connectivity index (χ4n) is 4.59. The highest BCUT2D eigenvalue weighted by molar-refractivity contribution is 6.31. The monoisotopic (exact) mass is 505 g/mol. The molecular weight excluding hydrogens is 481 g/mol. The lowest BCUT2D eigenvalue weighted by Gasteiger charge is -2.25. The Morgan fingerprint density at radius 2 is 1.72 bits per heavy atom. The van der Waals surface area contributed by atoms with Crippen molar-refractivity contribution in [3.05, 3.63) is 105 Å². The first-order valence-corrected chi connectivity index (χ1v) is 12.4. The molecule has 1 aliphatic rings. The summed E-state index contributed by atoms with van der Waals surface area (Å²) in [5, 5.41) is 0.693. The molecule has 2 heterocycles. The van der Waals surface area contributed by atoms with Crippen LogP contribution >= 0.6 is 11.6 Å². The molecule has 3 aromatic carbocycles. The summed E-state index contributed by atoms with van der Waals surface area (Å²) >= 11 is 6.14. The van der Waals surface area contributed by atoms with Crippen LogP contribution in [0.5, 0.6) is 5.75 Å². The highest BCUT2D eigenvalue weighted by Gasteiger charge is 2.43. The Morgan fingerprint density at radius 1 is 0.972 bits per heavy atom. The van der Waals surface area contributed by atoms with Crippen molar-refractivity contribution in [1.29, 1.82) is 0 Å². The van der Waals surface area contributed by atoms with Crippen molar-refractivity contribution in [2.24, 2.45) is 0 Å². The molecule has 0 bridgehead atoms. The summed E-state index contributed by atoms with van der Waals surface area (Å²) < 4.78 is 25.5. The van der Waals surface area contributed by atoms with Crippen molar-refractivity contribution in [2.75, 3.05) is 11.5 Å². The number of fused-ring (bicyclic) bond motifs is 2. The zero-order valence-electron chi connectivity index (χ0n) is 19.8. The maximum atomic E-state index is 13.7. The molecule has 0 saturated heterocycles. The van der Waals surface area contributed by atoms with Gasteiger partial charge < -0.3 is 9.15 Å². The number of benzene rings is 3. The number of carbonyl (C=O) groups is 1. The Bertz CT molecular complexity index is 1460. The standard InChI is InChI=1S/C29H25ClFNO4/c1-2-3-4-5-16-35-22-13-6-18(7-14-22)26-25-27(33)23-17-19(30)8-15-24(23)36-28(25)29(34)32(26)21-11-9-20(31)10-12-21/h6-15,17,26H,2-5,16H2,1H3. The third-order valence-electron chi connectivity index (χ3n) is 6.40. The Morgan fingerprint density at radius 3 is 2.44 bits per heavy atom. The van der Waals surface area contributed by atoms with Crippen molar-refractivity contribution in [3.63, 3.8) is 0 Å². The molecule has 36 heavy (non-hydrogen) atoms. The summed E-state index contributed by atoms with van der Waals surface area (Å²) in [5.74, 6) is -0.202. The average Bonchev–Trinajstić information content (AvgIpc) is 3.18. The highest BCUT2D eigenvalue weighted by atomic mass is 35.5. The Kier molecular flexibility index (Phi) is 6.79. The molecular formula is C29H25ClFNO4. The van der Waals surface area contributed by atoms with E-state index >= 15 is 0 Å². The van der Waals surface area contributed by atoms with E-state index in [-0.39, 0.29) is 22.3 Å².